The molecule has 1 aliphatic heterocycles. The van der Waals surface area contributed by atoms with Gasteiger partial charge in [0.1, 0.15) is 6.54 Å². The monoisotopic (exact) mass is 217 g/mol. The van der Waals surface area contributed by atoms with Crippen molar-refractivity contribution in [1.29, 1.82) is 0 Å². The van der Waals surface area contributed by atoms with Gasteiger partial charge in [0, 0.05) is 0 Å². The highest BCUT2D eigenvalue weighted by Gasteiger charge is 2.25. The Kier molecular flexibility index (Phi) is 2.68. The fourth-order valence-corrected chi connectivity index (χ4v) is 1.39. The maximum absolute atomic E-state index is 11.2. The largest absolute Gasteiger partial charge is 0.344 e. The van der Waals surface area contributed by atoms with E-state index < -0.39 is 6.03 Å². The van der Waals surface area contributed by atoms with Crippen molar-refractivity contribution in [1.82, 2.24) is 10.3 Å². The molecule has 0 unspecified atom stereocenters. The van der Waals surface area contributed by atoms with Crippen LogP contribution < -0.4 is 5.32 Å². The lowest BCUT2D eigenvalue weighted by molar-refractivity contribution is -0.118. The minimum absolute atomic E-state index is 0.0127. The standard InChI is InChI=1S/C11H11N3O2/c1-8-4-2-3-5-9(8)6-12-14-7-10(15)13-11(14)16/h2-6H,7H2,1H3,(H,13,15,16)/b12-6-. The lowest BCUT2D eigenvalue weighted by Gasteiger charge is -2.04. The number of hydrogen-bond acceptors (Lipinski definition) is 3. The summed E-state index contributed by atoms with van der Waals surface area (Å²) in [6, 6.07) is 7.20. The molecule has 16 heavy (non-hydrogen) atoms. The molecule has 2 rings (SSSR count). The number of rotatable bonds is 2. The number of hydrazone groups is 1. The molecular weight excluding hydrogens is 206 g/mol. The summed E-state index contributed by atoms with van der Waals surface area (Å²) in [6.07, 6.45) is 1.58. The number of nitrogens with zero attached hydrogens (tertiary/aromatic N) is 2. The average molecular weight is 217 g/mol. The number of hydrogen-bond donors (Lipinski definition) is 1. The summed E-state index contributed by atoms with van der Waals surface area (Å²) >= 11 is 0. The zero-order valence-electron chi connectivity index (χ0n) is 8.80. The first-order valence-corrected chi connectivity index (χ1v) is 4.88. The van der Waals surface area contributed by atoms with E-state index in [4.69, 9.17) is 0 Å². The van der Waals surface area contributed by atoms with Gasteiger partial charge in [-0.1, -0.05) is 24.3 Å². The third-order valence-corrected chi connectivity index (χ3v) is 2.30. The highest BCUT2D eigenvalue weighted by Crippen LogP contribution is 2.05. The third kappa shape index (κ3) is 2.08. The number of benzene rings is 1. The van der Waals surface area contributed by atoms with E-state index in [-0.39, 0.29) is 12.5 Å². The number of imide groups is 1. The fourth-order valence-electron chi connectivity index (χ4n) is 1.39. The molecule has 3 amide bonds. The van der Waals surface area contributed by atoms with Gasteiger partial charge in [-0.3, -0.25) is 10.1 Å². The zero-order valence-corrected chi connectivity index (χ0v) is 8.80. The second kappa shape index (κ2) is 4.14. The van der Waals surface area contributed by atoms with Crippen LogP contribution in [0, 0.1) is 6.92 Å². The molecule has 0 aliphatic carbocycles. The molecule has 0 bridgehead atoms. The second-order valence-electron chi connectivity index (χ2n) is 3.51. The fraction of sp³-hybridized carbons (Fsp3) is 0.182. The van der Waals surface area contributed by atoms with E-state index in [1.165, 1.54) is 0 Å². The Morgan fingerprint density at radius 1 is 1.38 bits per heavy atom. The van der Waals surface area contributed by atoms with Crippen molar-refractivity contribution in [3.8, 4) is 0 Å². The summed E-state index contributed by atoms with van der Waals surface area (Å²) in [5.74, 6) is -0.327. The van der Waals surface area contributed by atoms with Crippen molar-refractivity contribution >= 4 is 18.2 Å². The zero-order chi connectivity index (χ0) is 11.5. The predicted molar refractivity (Wildman–Crippen MR) is 59.0 cm³/mol. The molecule has 1 aliphatic rings. The highest BCUT2D eigenvalue weighted by molar-refractivity contribution is 6.02. The van der Waals surface area contributed by atoms with Gasteiger partial charge in [-0.25, -0.2) is 9.80 Å². The van der Waals surface area contributed by atoms with E-state index in [0.717, 1.165) is 16.1 Å². The Morgan fingerprint density at radius 2 is 2.12 bits per heavy atom. The molecule has 1 fully saturated rings. The highest BCUT2D eigenvalue weighted by atomic mass is 16.2. The van der Waals surface area contributed by atoms with Crippen molar-refractivity contribution in [2.24, 2.45) is 5.10 Å². The first-order valence-electron chi connectivity index (χ1n) is 4.88. The van der Waals surface area contributed by atoms with Gasteiger partial charge in [0.15, 0.2) is 0 Å². The second-order valence-corrected chi connectivity index (χ2v) is 3.51. The van der Waals surface area contributed by atoms with Gasteiger partial charge in [-0.15, -0.1) is 0 Å². The lowest BCUT2D eigenvalue weighted by Crippen LogP contribution is -2.24. The van der Waals surface area contributed by atoms with Crippen molar-refractivity contribution < 1.29 is 9.59 Å². The average Bonchev–Trinajstić information content (AvgIpc) is 2.56. The molecule has 0 saturated carbocycles. The smallest absolute Gasteiger partial charge is 0.275 e. The molecule has 82 valence electrons. The van der Waals surface area contributed by atoms with Crippen molar-refractivity contribution in [3.05, 3.63) is 35.4 Å². The number of urea groups is 1. The van der Waals surface area contributed by atoms with E-state index in [9.17, 15) is 9.59 Å². The molecule has 1 N–H and O–H groups in total. The Balaban J connectivity index is 2.13. The lowest BCUT2D eigenvalue weighted by atomic mass is 10.1. The van der Waals surface area contributed by atoms with E-state index >= 15 is 0 Å². The minimum Gasteiger partial charge on any atom is -0.275 e. The summed E-state index contributed by atoms with van der Waals surface area (Å²) in [6.45, 7) is 1.94. The van der Waals surface area contributed by atoms with Crippen LogP contribution in [0.4, 0.5) is 4.79 Å². The molecule has 5 nitrogen and oxygen atoms in total. The van der Waals surface area contributed by atoms with Crippen LogP contribution in [0.3, 0.4) is 0 Å². The molecule has 0 atom stereocenters. The normalized spacial score (nSPS) is 15.9. The summed E-state index contributed by atoms with van der Waals surface area (Å²) in [5, 5.41) is 7.22. The van der Waals surface area contributed by atoms with Crippen LogP contribution in [0.15, 0.2) is 29.4 Å². The summed E-state index contributed by atoms with van der Waals surface area (Å²) in [4.78, 5) is 22.1. The molecule has 1 aromatic carbocycles. The minimum atomic E-state index is -0.477. The molecule has 1 heterocycles. The van der Waals surface area contributed by atoms with E-state index in [1.54, 1.807) is 6.21 Å². The number of aryl methyl sites for hydroxylation is 1. The van der Waals surface area contributed by atoms with Gasteiger partial charge in [0.2, 0.25) is 5.91 Å². The SMILES string of the molecule is Cc1ccccc1/C=N\N1CC(=O)NC1=O. The van der Waals surface area contributed by atoms with Crippen LogP contribution in [0.1, 0.15) is 11.1 Å². The van der Waals surface area contributed by atoms with Gasteiger partial charge in [-0.05, 0) is 18.1 Å². The Hall–Kier alpha value is -2.17. The van der Waals surface area contributed by atoms with Gasteiger partial charge in [0.25, 0.3) is 0 Å². The van der Waals surface area contributed by atoms with Crippen LogP contribution in [0.2, 0.25) is 0 Å². The predicted octanol–water partition coefficient (Wildman–Crippen LogP) is 0.881. The molecule has 5 heteroatoms. The molecule has 0 radical (unpaired) electrons. The molecule has 1 aromatic rings. The van der Waals surface area contributed by atoms with Gasteiger partial charge >= 0.3 is 6.03 Å². The van der Waals surface area contributed by atoms with Crippen molar-refractivity contribution in [2.45, 2.75) is 6.92 Å². The number of carbonyl (C=O) groups is 2. The maximum atomic E-state index is 11.2. The van der Waals surface area contributed by atoms with Crippen molar-refractivity contribution in [3.63, 3.8) is 0 Å². The molecular formula is C11H11N3O2. The summed E-state index contributed by atoms with van der Waals surface area (Å²) in [5.41, 5.74) is 1.99. The van der Waals surface area contributed by atoms with Gasteiger partial charge in [0.05, 0.1) is 6.21 Å². The third-order valence-electron chi connectivity index (χ3n) is 2.30. The van der Waals surface area contributed by atoms with Crippen LogP contribution in [-0.2, 0) is 4.79 Å². The van der Waals surface area contributed by atoms with Crippen LogP contribution >= 0.6 is 0 Å². The summed E-state index contributed by atoms with van der Waals surface area (Å²) in [7, 11) is 0. The topological polar surface area (TPSA) is 61.8 Å². The number of nitrogens with one attached hydrogen (secondary N) is 1. The Labute approximate surface area is 92.7 Å². The van der Waals surface area contributed by atoms with Gasteiger partial charge < -0.3 is 0 Å². The van der Waals surface area contributed by atoms with E-state index in [1.807, 2.05) is 31.2 Å². The van der Waals surface area contributed by atoms with E-state index in [0.29, 0.717) is 0 Å². The molecule has 0 aromatic heterocycles. The Morgan fingerprint density at radius 3 is 2.75 bits per heavy atom. The van der Waals surface area contributed by atoms with Crippen molar-refractivity contribution in [2.75, 3.05) is 6.54 Å². The van der Waals surface area contributed by atoms with Crippen LogP contribution in [-0.4, -0.2) is 29.7 Å². The maximum Gasteiger partial charge on any atom is 0.344 e. The first kappa shape index (κ1) is 10.4. The van der Waals surface area contributed by atoms with Gasteiger partial charge in [-0.2, -0.15) is 5.10 Å². The first-order chi connectivity index (χ1) is 7.66. The quantitative estimate of drug-likeness (QED) is 0.590. The Bertz CT molecular complexity index is 468. The van der Waals surface area contributed by atoms with E-state index in [2.05, 4.69) is 10.4 Å². The molecule has 1 saturated heterocycles. The summed E-state index contributed by atoms with van der Waals surface area (Å²) < 4.78 is 0. The number of carbonyl (C=O) groups excluding carboxylic acids is 2. The number of amides is 3. The van der Waals surface area contributed by atoms with Crippen LogP contribution in [0.5, 0.6) is 0 Å². The molecule has 0 spiro atoms. The van der Waals surface area contributed by atoms with Crippen LogP contribution in [0.25, 0.3) is 0 Å².